The van der Waals surface area contributed by atoms with Gasteiger partial charge in [-0.2, -0.15) is 0 Å². The average molecular weight is 281 g/mol. The minimum atomic E-state index is -0.197. The van der Waals surface area contributed by atoms with Crippen LogP contribution in [0.15, 0.2) is 23.0 Å². The predicted octanol–water partition coefficient (Wildman–Crippen LogP) is 1.68. The number of H-pyrrole nitrogens is 1. The molecular formula is C11H9BrN2O2. The standard InChI is InChI=1S/C11H9BrN2O2/c12-7-4-5-14-9-6(10(7)15)2-1-3-8(9)13-11(14)16/h1-3,7H,4-5H2,(H,13,16). The van der Waals surface area contributed by atoms with Crippen LogP contribution in [0.5, 0.6) is 0 Å². The lowest BCUT2D eigenvalue weighted by atomic mass is 10.1. The lowest BCUT2D eigenvalue weighted by Gasteiger charge is -2.03. The third-order valence-corrected chi connectivity index (χ3v) is 3.82. The average Bonchev–Trinajstić information content (AvgIpc) is 2.53. The Morgan fingerprint density at radius 3 is 3.00 bits per heavy atom. The summed E-state index contributed by atoms with van der Waals surface area (Å²) in [6, 6.07) is 5.38. The molecule has 1 aliphatic heterocycles. The Kier molecular flexibility index (Phi) is 2.04. The van der Waals surface area contributed by atoms with Crippen molar-refractivity contribution in [1.82, 2.24) is 9.55 Å². The number of carbonyl (C=O) groups excluding carboxylic acids is 1. The van der Waals surface area contributed by atoms with Gasteiger partial charge in [0.1, 0.15) is 0 Å². The van der Waals surface area contributed by atoms with E-state index in [-0.39, 0.29) is 16.3 Å². The van der Waals surface area contributed by atoms with E-state index in [1.807, 2.05) is 6.07 Å². The smallest absolute Gasteiger partial charge is 0.306 e. The lowest BCUT2D eigenvalue weighted by molar-refractivity contribution is 0.0991. The highest BCUT2D eigenvalue weighted by Gasteiger charge is 2.25. The van der Waals surface area contributed by atoms with Gasteiger partial charge in [0.2, 0.25) is 0 Å². The summed E-state index contributed by atoms with van der Waals surface area (Å²) in [5, 5.41) is 0. The van der Waals surface area contributed by atoms with Gasteiger partial charge in [-0.1, -0.05) is 22.0 Å². The van der Waals surface area contributed by atoms with Gasteiger partial charge in [-0.25, -0.2) is 4.79 Å². The molecule has 82 valence electrons. The van der Waals surface area contributed by atoms with Crippen LogP contribution in [-0.4, -0.2) is 20.2 Å². The summed E-state index contributed by atoms with van der Waals surface area (Å²) < 4.78 is 1.64. The summed E-state index contributed by atoms with van der Waals surface area (Å²) >= 11 is 3.36. The number of halogens is 1. The van der Waals surface area contributed by atoms with Crippen LogP contribution in [0.25, 0.3) is 11.0 Å². The fourth-order valence-electron chi connectivity index (χ4n) is 2.17. The maximum atomic E-state index is 12.1. The molecule has 0 radical (unpaired) electrons. The Hall–Kier alpha value is -1.36. The molecule has 0 saturated heterocycles. The van der Waals surface area contributed by atoms with Gasteiger partial charge in [0.05, 0.1) is 15.9 Å². The van der Waals surface area contributed by atoms with Crippen molar-refractivity contribution in [2.75, 3.05) is 0 Å². The molecule has 0 spiro atoms. The van der Waals surface area contributed by atoms with Crippen molar-refractivity contribution in [3.05, 3.63) is 34.2 Å². The van der Waals surface area contributed by atoms with Gasteiger partial charge in [-0.3, -0.25) is 9.36 Å². The molecule has 1 aliphatic rings. The minimum Gasteiger partial charge on any atom is -0.306 e. The summed E-state index contributed by atoms with van der Waals surface area (Å²) in [6.45, 7) is 0.567. The lowest BCUT2D eigenvalue weighted by Crippen LogP contribution is -2.18. The topological polar surface area (TPSA) is 54.9 Å². The number of aromatic amines is 1. The zero-order chi connectivity index (χ0) is 11.3. The fourth-order valence-corrected chi connectivity index (χ4v) is 2.63. The number of hydrogen-bond acceptors (Lipinski definition) is 2. The highest BCUT2D eigenvalue weighted by Crippen LogP contribution is 2.25. The number of para-hydroxylation sites is 1. The number of carbonyl (C=O) groups is 1. The van der Waals surface area contributed by atoms with Crippen LogP contribution in [0, 0.1) is 0 Å². The Morgan fingerprint density at radius 1 is 1.38 bits per heavy atom. The zero-order valence-corrected chi connectivity index (χ0v) is 9.95. The van der Waals surface area contributed by atoms with Gasteiger partial charge < -0.3 is 4.98 Å². The summed E-state index contributed by atoms with van der Waals surface area (Å²) in [7, 11) is 0. The first-order chi connectivity index (χ1) is 7.68. The molecule has 2 aromatic rings. The SMILES string of the molecule is O=C1c2cccc3[nH]c(=O)n(c23)CCC1Br. The number of aromatic nitrogens is 2. The largest absolute Gasteiger partial charge is 0.326 e. The molecule has 1 atom stereocenters. The van der Waals surface area contributed by atoms with Crippen molar-refractivity contribution in [3.8, 4) is 0 Å². The van der Waals surface area contributed by atoms with Crippen LogP contribution < -0.4 is 5.69 Å². The molecule has 0 amide bonds. The summed E-state index contributed by atoms with van der Waals surface area (Å²) in [5.74, 6) is 0.0517. The third kappa shape index (κ3) is 1.21. The van der Waals surface area contributed by atoms with E-state index in [2.05, 4.69) is 20.9 Å². The molecule has 1 N–H and O–H groups in total. The molecular weight excluding hydrogens is 272 g/mol. The first-order valence-electron chi connectivity index (χ1n) is 5.08. The number of nitrogens with one attached hydrogen (secondary N) is 1. The number of rotatable bonds is 0. The maximum absolute atomic E-state index is 12.1. The number of imidazole rings is 1. The summed E-state index contributed by atoms with van der Waals surface area (Å²) in [5.41, 5.74) is 1.95. The van der Waals surface area contributed by atoms with Gasteiger partial charge in [-0.15, -0.1) is 0 Å². The normalized spacial score (nSPS) is 20.1. The molecule has 0 bridgehead atoms. The van der Waals surface area contributed by atoms with Gasteiger partial charge >= 0.3 is 5.69 Å². The first kappa shape index (κ1) is 9.84. The number of Topliss-reactive ketones (excluding diaryl/α,β-unsaturated/α-hetero) is 1. The van der Waals surface area contributed by atoms with Crippen molar-refractivity contribution in [3.63, 3.8) is 0 Å². The minimum absolute atomic E-state index is 0.0517. The fraction of sp³-hybridized carbons (Fsp3) is 0.273. The summed E-state index contributed by atoms with van der Waals surface area (Å²) in [6.07, 6.45) is 0.639. The highest BCUT2D eigenvalue weighted by molar-refractivity contribution is 9.10. The Morgan fingerprint density at radius 2 is 2.19 bits per heavy atom. The Labute approximate surface area is 99.4 Å². The number of benzene rings is 1. The van der Waals surface area contributed by atoms with E-state index in [0.717, 1.165) is 11.0 Å². The molecule has 3 rings (SSSR count). The van der Waals surface area contributed by atoms with Gasteiger partial charge in [-0.05, 0) is 18.6 Å². The molecule has 0 aliphatic carbocycles. The molecule has 1 aromatic carbocycles. The van der Waals surface area contributed by atoms with Crippen LogP contribution in [-0.2, 0) is 6.54 Å². The van der Waals surface area contributed by atoms with Crippen LogP contribution >= 0.6 is 15.9 Å². The van der Waals surface area contributed by atoms with Crippen molar-refractivity contribution >= 4 is 32.7 Å². The molecule has 0 saturated carbocycles. The van der Waals surface area contributed by atoms with Crippen LogP contribution in [0.1, 0.15) is 16.8 Å². The number of hydrogen-bond donors (Lipinski definition) is 1. The van der Waals surface area contributed by atoms with E-state index in [4.69, 9.17) is 0 Å². The van der Waals surface area contributed by atoms with Crippen LogP contribution in [0.3, 0.4) is 0 Å². The van der Waals surface area contributed by atoms with E-state index in [1.165, 1.54) is 0 Å². The van der Waals surface area contributed by atoms with Crippen molar-refractivity contribution < 1.29 is 4.79 Å². The van der Waals surface area contributed by atoms with E-state index >= 15 is 0 Å². The van der Waals surface area contributed by atoms with Crippen molar-refractivity contribution in [2.24, 2.45) is 0 Å². The molecule has 0 fully saturated rings. The van der Waals surface area contributed by atoms with E-state index < -0.39 is 0 Å². The second-order valence-corrected chi connectivity index (χ2v) is 5.01. The van der Waals surface area contributed by atoms with Gasteiger partial charge in [0.15, 0.2) is 5.78 Å². The second-order valence-electron chi connectivity index (χ2n) is 3.90. The van der Waals surface area contributed by atoms with E-state index in [1.54, 1.807) is 16.7 Å². The number of alkyl halides is 1. The Balaban J connectivity index is 2.46. The number of ketones is 1. The summed E-state index contributed by atoms with van der Waals surface area (Å²) in [4.78, 5) is 26.3. The van der Waals surface area contributed by atoms with Crippen molar-refractivity contribution in [2.45, 2.75) is 17.8 Å². The monoisotopic (exact) mass is 280 g/mol. The van der Waals surface area contributed by atoms with E-state index in [9.17, 15) is 9.59 Å². The highest BCUT2D eigenvalue weighted by atomic mass is 79.9. The molecule has 1 aromatic heterocycles. The molecule has 2 heterocycles. The van der Waals surface area contributed by atoms with Gasteiger partial charge in [0.25, 0.3) is 0 Å². The second kappa shape index (κ2) is 3.31. The molecule has 1 unspecified atom stereocenters. The van der Waals surface area contributed by atoms with Gasteiger partial charge in [0, 0.05) is 12.1 Å². The third-order valence-electron chi connectivity index (χ3n) is 2.95. The van der Waals surface area contributed by atoms with E-state index in [0.29, 0.717) is 18.5 Å². The molecule has 5 heteroatoms. The maximum Gasteiger partial charge on any atom is 0.326 e. The first-order valence-corrected chi connectivity index (χ1v) is 6.00. The molecule has 4 nitrogen and oxygen atoms in total. The molecule has 16 heavy (non-hydrogen) atoms. The predicted molar refractivity (Wildman–Crippen MR) is 64.2 cm³/mol. The van der Waals surface area contributed by atoms with Crippen LogP contribution in [0.2, 0.25) is 0 Å². The zero-order valence-electron chi connectivity index (χ0n) is 8.37. The quantitative estimate of drug-likeness (QED) is 0.747. The van der Waals surface area contributed by atoms with Crippen LogP contribution in [0.4, 0.5) is 0 Å². The number of nitrogens with zero attached hydrogens (tertiary/aromatic N) is 1. The Bertz CT molecular complexity index is 641. The number of aryl methyl sites for hydroxylation is 1. The van der Waals surface area contributed by atoms with Crippen molar-refractivity contribution in [1.29, 1.82) is 0 Å².